The first-order valence-electron chi connectivity index (χ1n) is 10.1. The highest BCUT2D eigenvalue weighted by Gasteiger charge is 2.14. The van der Waals surface area contributed by atoms with E-state index < -0.39 is 12.0 Å². The van der Waals surface area contributed by atoms with Crippen LogP contribution in [0.3, 0.4) is 0 Å². The molecule has 2 N–H and O–H groups in total. The van der Waals surface area contributed by atoms with E-state index in [-0.39, 0.29) is 11.1 Å². The Balaban J connectivity index is 1.48. The number of fused-ring (bicyclic) bond motifs is 1. The molecule has 0 aliphatic heterocycles. The van der Waals surface area contributed by atoms with Gasteiger partial charge < -0.3 is 15.4 Å². The number of pyridine rings is 1. The normalized spacial score (nSPS) is 10.6. The van der Waals surface area contributed by atoms with Crippen molar-refractivity contribution in [1.29, 1.82) is 0 Å². The molecular weight excluding hydrogens is 476 g/mol. The number of rotatable bonds is 6. The standard InChI is InChI=1S/C24H19ClN4O4S/c1-33-23(31)17-6-2-3-7-18(17)27-24(32)28-19-8-4-5-9-20(19)34-14-16-12-22(30)29-13-15(25)10-11-21(29)26-16/h2-13H,14H2,1H3,(H2,27,28,32). The van der Waals surface area contributed by atoms with E-state index in [2.05, 4.69) is 15.6 Å². The predicted molar refractivity (Wildman–Crippen MR) is 133 cm³/mol. The van der Waals surface area contributed by atoms with E-state index in [1.54, 1.807) is 48.5 Å². The van der Waals surface area contributed by atoms with Gasteiger partial charge in [0.2, 0.25) is 0 Å². The third-order valence-electron chi connectivity index (χ3n) is 4.77. The first kappa shape index (κ1) is 23.3. The van der Waals surface area contributed by atoms with E-state index in [0.29, 0.717) is 33.5 Å². The summed E-state index contributed by atoms with van der Waals surface area (Å²) >= 11 is 7.39. The Labute approximate surface area is 203 Å². The monoisotopic (exact) mass is 494 g/mol. The lowest BCUT2D eigenvalue weighted by molar-refractivity contribution is 0.0602. The summed E-state index contributed by atoms with van der Waals surface area (Å²) < 4.78 is 6.15. The fourth-order valence-electron chi connectivity index (χ4n) is 3.20. The number of hydrogen-bond acceptors (Lipinski definition) is 6. The maximum Gasteiger partial charge on any atom is 0.339 e. The number of ether oxygens (including phenoxy) is 1. The molecule has 2 aromatic carbocycles. The number of methoxy groups -OCH3 is 1. The molecule has 4 rings (SSSR count). The highest BCUT2D eigenvalue weighted by atomic mass is 35.5. The van der Waals surface area contributed by atoms with Crippen LogP contribution in [0.25, 0.3) is 5.65 Å². The molecule has 10 heteroatoms. The highest BCUT2D eigenvalue weighted by Crippen LogP contribution is 2.29. The lowest BCUT2D eigenvalue weighted by Crippen LogP contribution is -2.21. The van der Waals surface area contributed by atoms with E-state index in [0.717, 1.165) is 4.90 Å². The summed E-state index contributed by atoms with van der Waals surface area (Å²) in [5.74, 6) is -0.132. The molecule has 0 saturated carbocycles. The predicted octanol–water partition coefficient (Wildman–Crippen LogP) is 5.07. The van der Waals surface area contributed by atoms with E-state index in [1.807, 2.05) is 12.1 Å². The summed E-state index contributed by atoms with van der Waals surface area (Å²) in [6.07, 6.45) is 1.53. The van der Waals surface area contributed by atoms with Gasteiger partial charge in [0.05, 0.1) is 34.8 Å². The number of benzene rings is 2. The summed E-state index contributed by atoms with van der Waals surface area (Å²) in [5.41, 5.74) is 2.03. The van der Waals surface area contributed by atoms with Gasteiger partial charge in [-0.2, -0.15) is 0 Å². The number of aromatic nitrogens is 2. The van der Waals surface area contributed by atoms with Crippen molar-refractivity contribution in [2.75, 3.05) is 17.7 Å². The van der Waals surface area contributed by atoms with Crippen LogP contribution in [0.4, 0.5) is 16.2 Å². The number of carbonyl (C=O) groups is 2. The number of carbonyl (C=O) groups excluding carboxylic acids is 2. The van der Waals surface area contributed by atoms with Gasteiger partial charge in [-0.15, -0.1) is 11.8 Å². The second kappa shape index (κ2) is 10.4. The Kier molecular flexibility index (Phi) is 7.15. The van der Waals surface area contributed by atoms with E-state index in [9.17, 15) is 14.4 Å². The smallest absolute Gasteiger partial charge is 0.339 e. The Hall–Kier alpha value is -3.82. The zero-order chi connectivity index (χ0) is 24.1. The number of amides is 2. The van der Waals surface area contributed by atoms with E-state index in [4.69, 9.17) is 16.3 Å². The molecular formula is C24H19ClN4O4S. The van der Waals surface area contributed by atoms with E-state index in [1.165, 1.54) is 35.5 Å². The first-order chi connectivity index (χ1) is 16.4. The molecule has 0 radical (unpaired) electrons. The van der Waals surface area contributed by atoms with Crippen molar-refractivity contribution >= 4 is 52.4 Å². The molecule has 34 heavy (non-hydrogen) atoms. The van der Waals surface area contributed by atoms with Crippen molar-refractivity contribution in [2.24, 2.45) is 0 Å². The third kappa shape index (κ3) is 5.38. The van der Waals surface area contributed by atoms with Crippen LogP contribution < -0.4 is 16.2 Å². The van der Waals surface area contributed by atoms with Crippen LogP contribution in [0.15, 0.2) is 82.6 Å². The van der Waals surface area contributed by atoms with Gasteiger partial charge in [0.15, 0.2) is 0 Å². The fourth-order valence-corrected chi connectivity index (χ4v) is 4.26. The largest absolute Gasteiger partial charge is 0.465 e. The van der Waals surface area contributed by atoms with Crippen molar-refractivity contribution in [3.8, 4) is 0 Å². The molecule has 4 aromatic rings. The van der Waals surface area contributed by atoms with Gasteiger partial charge in [0.25, 0.3) is 5.56 Å². The molecule has 0 saturated heterocycles. The molecule has 0 aliphatic carbocycles. The van der Waals surface area contributed by atoms with Gasteiger partial charge in [-0.1, -0.05) is 35.9 Å². The van der Waals surface area contributed by atoms with Gasteiger partial charge in [0.1, 0.15) is 5.65 Å². The molecule has 0 aliphatic rings. The highest BCUT2D eigenvalue weighted by molar-refractivity contribution is 7.98. The molecule has 0 spiro atoms. The zero-order valence-electron chi connectivity index (χ0n) is 17.9. The number of nitrogens with zero attached hydrogens (tertiary/aromatic N) is 2. The van der Waals surface area contributed by atoms with Crippen LogP contribution in [-0.4, -0.2) is 28.5 Å². The Morgan fingerprint density at radius 3 is 2.53 bits per heavy atom. The maximum absolute atomic E-state index is 12.6. The molecule has 0 bridgehead atoms. The number of para-hydroxylation sites is 2. The van der Waals surface area contributed by atoms with Crippen molar-refractivity contribution in [3.05, 3.63) is 99.6 Å². The van der Waals surface area contributed by atoms with Gasteiger partial charge in [-0.3, -0.25) is 9.20 Å². The topological polar surface area (TPSA) is 102 Å². The molecule has 2 heterocycles. The summed E-state index contributed by atoms with van der Waals surface area (Å²) in [6.45, 7) is 0. The van der Waals surface area contributed by atoms with Gasteiger partial charge in [-0.25, -0.2) is 14.6 Å². The summed E-state index contributed by atoms with van der Waals surface area (Å²) in [4.78, 5) is 42.3. The summed E-state index contributed by atoms with van der Waals surface area (Å²) in [5, 5.41) is 5.93. The lowest BCUT2D eigenvalue weighted by atomic mass is 10.2. The van der Waals surface area contributed by atoms with Gasteiger partial charge in [0, 0.05) is 22.9 Å². The number of hydrogen-bond donors (Lipinski definition) is 2. The van der Waals surface area contributed by atoms with Crippen molar-refractivity contribution in [3.63, 3.8) is 0 Å². The Bertz CT molecular complexity index is 1440. The summed E-state index contributed by atoms with van der Waals surface area (Å²) in [7, 11) is 1.28. The molecule has 0 atom stereocenters. The second-order valence-corrected chi connectivity index (χ2v) is 8.52. The number of halogens is 1. The fraction of sp³-hybridized carbons (Fsp3) is 0.0833. The van der Waals surface area contributed by atoms with Crippen LogP contribution in [0.2, 0.25) is 5.02 Å². The number of anilines is 2. The lowest BCUT2D eigenvalue weighted by Gasteiger charge is -2.13. The SMILES string of the molecule is COC(=O)c1ccccc1NC(=O)Nc1ccccc1SCc1cc(=O)n2cc(Cl)ccc2n1. The molecule has 0 fully saturated rings. The second-order valence-electron chi connectivity index (χ2n) is 7.06. The molecule has 2 amide bonds. The van der Waals surface area contributed by atoms with Crippen molar-refractivity contribution in [2.45, 2.75) is 10.6 Å². The minimum absolute atomic E-state index is 0.224. The number of thioether (sulfide) groups is 1. The minimum atomic E-state index is -0.548. The Morgan fingerprint density at radius 1 is 1.03 bits per heavy atom. The number of nitrogens with one attached hydrogen (secondary N) is 2. The average molecular weight is 495 g/mol. The Morgan fingerprint density at radius 2 is 1.74 bits per heavy atom. The molecule has 0 unspecified atom stereocenters. The molecule has 172 valence electrons. The van der Waals surface area contributed by atoms with Crippen LogP contribution >= 0.6 is 23.4 Å². The number of urea groups is 1. The van der Waals surface area contributed by atoms with Gasteiger partial charge in [-0.05, 0) is 36.4 Å². The van der Waals surface area contributed by atoms with Crippen LogP contribution in [0.1, 0.15) is 16.1 Å². The first-order valence-corrected chi connectivity index (χ1v) is 11.5. The third-order valence-corrected chi connectivity index (χ3v) is 6.10. The van der Waals surface area contributed by atoms with Crippen LogP contribution in [-0.2, 0) is 10.5 Å². The maximum atomic E-state index is 12.6. The summed E-state index contributed by atoms with van der Waals surface area (Å²) in [6, 6.07) is 18.2. The van der Waals surface area contributed by atoms with Crippen LogP contribution in [0.5, 0.6) is 0 Å². The number of esters is 1. The quantitative estimate of drug-likeness (QED) is 0.286. The van der Waals surface area contributed by atoms with E-state index >= 15 is 0 Å². The van der Waals surface area contributed by atoms with Gasteiger partial charge >= 0.3 is 12.0 Å². The average Bonchev–Trinajstić information content (AvgIpc) is 2.84. The van der Waals surface area contributed by atoms with Crippen molar-refractivity contribution in [1.82, 2.24) is 9.38 Å². The minimum Gasteiger partial charge on any atom is -0.465 e. The molecule has 8 nitrogen and oxygen atoms in total. The molecule has 2 aromatic heterocycles. The van der Waals surface area contributed by atoms with Crippen molar-refractivity contribution < 1.29 is 14.3 Å². The zero-order valence-corrected chi connectivity index (χ0v) is 19.5. The van der Waals surface area contributed by atoms with Crippen LogP contribution in [0, 0.1) is 0 Å².